The number of nitriles is 1. The highest BCUT2D eigenvalue weighted by molar-refractivity contribution is 9.10. The van der Waals surface area contributed by atoms with Crippen LogP contribution in [0.3, 0.4) is 0 Å². The van der Waals surface area contributed by atoms with Crippen LogP contribution in [0.15, 0.2) is 22.7 Å². The fourth-order valence-electron chi connectivity index (χ4n) is 1.07. The van der Waals surface area contributed by atoms with Crippen molar-refractivity contribution in [3.05, 3.63) is 33.8 Å². The summed E-state index contributed by atoms with van der Waals surface area (Å²) < 4.78 is 0.674. The Balaban J connectivity index is 2.90. The highest BCUT2D eigenvalue weighted by atomic mass is 79.9. The molecule has 0 aliphatic heterocycles. The van der Waals surface area contributed by atoms with Crippen molar-refractivity contribution in [2.75, 3.05) is 0 Å². The van der Waals surface area contributed by atoms with E-state index in [1.807, 2.05) is 6.07 Å². The van der Waals surface area contributed by atoms with E-state index in [9.17, 15) is 4.79 Å². The van der Waals surface area contributed by atoms with Crippen LogP contribution < -0.4 is 0 Å². The lowest BCUT2D eigenvalue weighted by molar-refractivity contribution is 0.108. The lowest BCUT2D eigenvalue weighted by Gasteiger charge is -2.01. The van der Waals surface area contributed by atoms with Crippen molar-refractivity contribution in [3.8, 4) is 6.07 Å². The molecule has 0 heterocycles. The molecule has 0 aliphatic carbocycles. The number of carbonyl (C=O) groups excluding carboxylic acids is 1. The van der Waals surface area contributed by atoms with Gasteiger partial charge in [0.05, 0.1) is 6.07 Å². The lowest BCUT2D eigenvalue weighted by Crippen LogP contribution is -1.92. The first kappa shape index (κ1) is 11.2. The van der Waals surface area contributed by atoms with Crippen LogP contribution >= 0.6 is 27.5 Å². The van der Waals surface area contributed by atoms with Gasteiger partial charge in [0, 0.05) is 16.5 Å². The minimum absolute atomic E-state index is 0.451. The van der Waals surface area contributed by atoms with Crippen molar-refractivity contribution in [2.24, 2.45) is 0 Å². The molecular weight excluding hydrogens is 265 g/mol. The fraction of sp³-hybridized carbons (Fsp3) is 0.200. The first-order chi connectivity index (χ1) is 6.65. The van der Waals surface area contributed by atoms with Gasteiger partial charge in [0.25, 0.3) is 5.24 Å². The molecule has 0 atom stereocenters. The van der Waals surface area contributed by atoms with E-state index < -0.39 is 5.24 Å². The smallest absolute Gasteiger partial charge is 0.253 e. The summed E-state index contributed by atoms with van der Waals surface area (Å²) in [6.45, 7) is 0. The molecule has 72 valence electrons. The Hall–Kier alpha value is -0.850. The number of halogens is 2. The molecule has 0 aliphatic rings. The average molecular weight is 273 g/mol. The van der Waals surface area contributed by atoms with Crippen molar-refractivity contribution in [1.29, 1.82) is 5.26 Å². The Morgan fingerprint density at radius 2 is 2.29 bits per heavy atom. The van der Waals surface area contributed by atoms with Crippen LogP contribution in [0.2, 0.25) is 0 Å². The Morgan fingerprint density at radius 3 is 2.79 bits per heavy atom. The van der Waals surface area contributed by atoms with Gasteiger partial charge >= 0.3 is 0 Å². The Bertz CT molecular complexity index is 398. The standard InChI is InChI=1S/C10H7BrClNO/c11-9-6-7(2-1-5-13)3-4-8(9)10(12)14/h3-4,6H,1-2H2. The Labute approximate surface area is 95.6 Å². The maximum absolute atomic E-state index is 10.9. The van der Waals surface area contributed by atoms with Crippen molar-refractivity contribution in [2.45, 2.75) is 12.8 Å². The van der Waals surface area contributed by atoms with E-state index in [0.717, 1.165) is 5.56 Å². The predicted molar refractivity (Wildman–Crippen MR) is 58.3 cm³/mol. The number of hydrogen-bond acceptors (Lipinski definition) is 2. The van der Waals surface area contributed by atoms with Crippen LogP contribution in [0.1, 0.15) is 22.3 Å². The second-order valence-electron chi connectivity index (χ2n) is 2.75. The first-order valence-electron chi connectivity index (χ1n) is 4.00. The third kappa shape index (κ3) is 2.83. The van der Waals surface area contributed by atoms with E-state index >= 15 is 0 Å². The van der Waals surface area contributed by atoms with Gasteiger partial charge in [-0.25, -0.2) is 0 Å². The minimum atomic E-state index is -0.483. The van der Waals surface area contributed by atoms with Crippen LogP contribution in [-0.2, 0) is 6.42 Å². The summed E-state index contributed by atoms with van der Waals surface area (Å²) in [6.07, 6.45) is 1.16. The van der Waals surface area contributed by atoms with Gasteiger partial charge in [0.15, 0.2) is 0 Å². The molecule has 0 N–H and O–H groups in total. The summed E-state index contributed by atoms with van der Waals surface area (Å²) in [5, 5.41) is 7.92. The van der Waals surface area contributed by atoms with Gasteiger partial charge < -0.3 is 0 Å². The molecule has 1 aromatic carbocycles. The highest BCUT2D eigenvalue weighted by Crippen LogP contribution is 2.20. The second-order valence-corrected chi connectivity index (χ2v) is 3.94. The van der Waals surface area contributed by atoms with E-state index in [1.165, 1.54) is 0 Å². The molecule has 0 unspecified atom stereocenters. The summed E-state index contributed by atoms with van der Waals surface area (Å²) in [7, 11) is 0. The normalized spacial score (nSPS) is 9.50. The summed E-state index contributed by atoms with van der Waals surface area (Å²) in [5.74, 6) is 0. The van der Waals surface area contributed by atoms with Gasteiger partial charge in [-0.3, -0.25) is 4.79 Å². The third-order valence-electron chi connectivity index (χ3n) is 1.77. The molecule has 4 heteroatoms. The SMILES string of the molecule is N#CCCc1ccc(C(=O)Cl)c(Br)c1. The second kappa shape index (κ2) is 5.14. The minimum Gasteiger partial charge on any atom is -0.276 e. The van der Waals surface area contributed by atoms with Crippen LogP contribution in [0.5, 0.6) is 0 Å². The summed E-state index contributed by atoms with van der Waals surface area (Å²) in [6, 6.07) is 7.34. The van der Waals surface area contributed by atoms with Crippen LogP contribution in [-0.4, -0.2) is 5.24 Å². The Kier molecular flexibility index (Phi) is 4.12. The van der Waals surface area contributed by atoms with E-state index in [1.54, 1.807) is 12.1 Å². The number of nitrogens with zero attached hydrogens (tertiary/aromatic N) is 1. The summed E-state index contributed by atoms with van der Waals surface area (Å²) in [5.41, 5.74) is 1.47. The zero-order valence-electron chi connectivity index (χ0n) is 7.26. The molecular formula is C10H7BrClNO. The molecule has 0 saturated heterocycles. The molecule has 0 aromatic heterocycles. The molecule has 2 nitrogen and oxygen atoms in total. The molecule has 14 heavy (non-hydrogen) atoms. The van der Waals surface area contributed by atoms with Crippen LogP contribution in [0, 0.1) is 11.3 Å². The van der Waals surface area contributed by atoms with Gasteiger partial charge in [-0.05, 0) is 51.6 Å². The van der Waals surface area contributed by atoms with Gasteiger partial charge in [-0.2, -0.15) is 5.26 Å². The number of aryl methyl sites for hydroxylation is 1. The fourth-order valence-corrected chi connectivity index (χ4v) is 1.96. The first-order valence-corrected chi connectivity index (χ1v) is 5.17. The van der Waals surface area contributed by atoms with Crippen LogP contribution in [0.25, 0.3) is 0 Å². The number of carbonyl (C=O) groups is 1. The van der Waals surface area contributed by atoms with Crippen LogP contribution in [0.4, 0.5) is 0 Å². The van der Waals surface area contributed by atoms with Gasteiger partial charge in [-0.15, -0.1) is 0 Å². The van der Waals surface area contributed by atoms with Gasteiger partial charge in [0.1, 0.15) is 0 Å². The maximum Gasteiger partial charge on any atom is 0.253 e. The zero-order chi connectivity index (χ0) is 10.6. The molecule has 1 aromatic rings. The zero-order valence-corrected chi connectivity index (χ0v) is 9.60. The van der Waals surface area contributed by atoms with Crippen molar-refractivity contribution >= 4 is 32.8 Å². The lowest BCUT2D eigenvalue weighted by atomic mass is 10.1. The predicted octanol–water partition coefficient (Wildman–Crippen LogP) is 3.28. The molecule has 0 fully saturated rings. The van der Waals surface area contributed by atoms with E-state index in [4.69, 9.17) is 16.9 Å². The van der Waals surface area contributed by atoms with Crippen molar-refractivity contribution in [3.63, 3.8) is 0 Å². The molecule has 0 amide bonds. The van der Waals surface area contributed by atoms with E-state index in [0.29, 0.717) is 22.9 Å². The number of rotatable bonds is 3. The van der Waals surface area contributed by atoms with E-state index in [-0.39, 0.29) is 0 Å². The molecule has 0 radical (unpaired) electrons. The molecule has 1 rings (SSSR count). The van der Waals surface area contributed by atoms with Crippen molar-refractivity contribution < 1.29 is 4.79 Å². The number of hydrogen-bond donors (Lipinski definition) is 0. The monoisotopic (exact) mass is 271 g/mol. The summed E-state index contributed by atoms with van der Waals surface area (Å²) >= 11 is 8.60. The van der Waals surface area contributed by atoms with Gasteiger partial charge in [0.2, 0.25) is 0 Å². The molecule has 0 saturated carbocycles. The summed E-state index contributed by atoms with van der Waals surface area (Å²) in [4.78, 5) is 10.9. The highest BCUT2D eigenvalue weighted by Gasteiger charge is 2.07. The van der Waals surface area contributed by atoms with E-state index in [2.05, 4.69) is 22.0 Å². The Morgan fingerprint density at radius 1 is 1.57 bits per heavy atom. The third-order valence-corrected chi connectivity index (χ3v) is 2.63. The number of benzene rings is 1. The molecule has 0 bridgehead atoms. The van der Waals surface area contributed by atoms with Gasteiger partial charge in [-0.1, -0.05) is 6.07 Å². The molecule has 0 spiro atoms. The quantitative estimate of drug-likeness (QED) is 0.792. The van der Waals surface area contributed by atoms with Crippen molar-refractivity contribution in [1.82, 2.24) is 0 Å². The topological polar surface area (TPSA) is 40.9 Å². The average Bonchev–Trinajstić information content (AvgIpc) is 2.14. The maximum atomic E-state index is 10.9. The largest absolute Gasteiger partial charge is 0.276 e.